The van der Waals surface area contributed by atoms with E-state index in [1.165, 1.54) is 6.07 Å². The highest BCUT2D eigenvalue weighted by molar-refractivity contribution is 7.87. The van der Waals surface area contributed by atoms with Crippen LogP contribution in [-0.4, -0.2) is 24.5 Å². The largest absolute Gasteiger partial charge is 0.397 e. The van der Waals surface area contributed by atoms with E-state index in [4.69, 9.17) is 5.73 Å². The van der Waals surface area contributed by atoms with Crippen LogP contribution in [-0.2, 0) is 16.5 Å². The van der Waals surface area contributed by atoms with Gasteiger partial charge >= 0.3 is 0 Å². The van der Waals surface area contributed by atoms with Crippen molar-refractivity contribution in [2.45, 2.75) is 36.0 Å². The fourth-order valence-corrected chi connectivity index (χ4v) is 4.71. The second-order valence-electron chi connectivity index (χ2n) is 6.10. The van der Waals surface area contributed by atoms with Gasteiger partial charge in [-0.1, -0.05) is 37.6 Å². The predicted octanol–water partition coefficient (Wildman–Crippen LogP) is 2.92. The third-order valence-corrected chi connectivity index (χ3v) is 6.06. The maximum atomic E-state index is 13.0. The van der Waals surface area contributed by atoms with Crippen LogP contribution in [0.2, 0.25) is 0 Å². The summed E-state index contributed by atoms with van der Waals surface area (Å²) < 4.78 is 33.3. The number of hydrogen-bond acceptors (Lipinski definition) is 6. The van der Waals surface area contributed by atoms with Crippen LogP contribution in [0.1, 0.15) is 57.2 Å². The first-order chi connectivity index (χ1) is 12.2. The first kappa shape index (κ1) is 18.6. The van der Waals surface area contributed by atoms with Crippen molar-refractivity contribution < 1.29 is 22.6 Å². The summed E-state index contributed by atoms with van der Waals surface area (Å²) in [6.07, 6.45) is 1.77. The molecule has 0 spiro atoms. The molecule has 0 unspecified atom stereocenters. The first-order valence-corrected chi connectivity index (χ1v) is 9.92. The number of rotatable bonds is 4. The van der Waals surface area contributed by atoms with E-state index in [0.29, 0.717) is 18.4 Å². The lowest BCUT2D eigenvalue weighted by Gasteiger charge is -2.24. The molecule has 0 saturated heterocycles. The summed E-state index contributed by atoms with van der Waals surface area (Å²) in [6, 6.07) is 6.30. The number of anilines is 1. The third kappa shape index (κ3) is 2.74. The van der Waals surface area contributed by atoms with Gasteiger partial charge in [0.2, 0.25) is 0 Å². The summed E-state index contributed by atoms with van der Waals surface area (Å²) in [5.41, 5.74) is 6.12. The van der Waals surface area contributed by atoms with E-state index in [1.54, 1.807) is 18.2 Å². The molecular formula is C18H17NO5S2. The number of thiol groups is 1. The quantitative estimate of drug-likeness (QED) is 0.358. The molecule has 8 heteroatoms. The summed E-state index contributed by atoms with van der Waals surface area (Å²) in [5.74, 6) is -0.936. The van der Waals surface area contributed by atoms with Crippen LogP contribution in [0.15, 0.2) is 34.1 Å². The zero-order chi connectivity index (χ0) is 19.2. The van der Waals surface area contributed by atoms with E-state index in [0.717, 1.165) is 6.42 Å². The Morgan fingerprint density at radius 3 is 2.12 bits per heavy atom. The molecule has 0 aliphatic heterocycles. The lowest BCUT2D eigenvalue weighted by atomic mass is 9.80. The van der Waals surface area contributed by atoms with E-state index in [1.807, 2.05) is 6.92 Å². The second kappa shape index (κ2) is 6.53. The van der Waals surface area contributed by atoms with Crippen molar-refractivity contribution in [2.24, 2.45) is 0 Å². The fraction of sp³-hybridized carbons (Fsp3) is 0.222. The summed E-state index contributed by atoms with van der Waals surface area (Å²) in [5, 5.41) is 0. The molecule has 0 amide bonds. The van der Waals surface area contributed by atoms with Crippen LogP contribution in [0.5, 0.6) is 0 Å². The van der Waals surface area contributed by atoms with Gasteiger partial charge in [-0.25, -0.2) is 0 Å². The van der Waals surface area contributed by atoms with Crippen molar-refractivity contribution >= 4 is 40.0 Å². The number of benzene rings is 2. The number of fused-ring (bicyclic) bond motifs is 2. The Morgan fingerprint density at radius 1 is 1.08 bits per heavy atom. The molecular weight excluding hydrogens is 374 g/mol. The zero-order valence-corrected chi connectivity index (χ0v) is 15.7. The highest BCUT2D eigenvalue weighted by Crippen LogP contribution is 2.41. The van der Waals surface area contributed by atoms with Gasteiger partial charge in [-0.2, -0.15) is 8.42 Å². The minimum atomic E-state index is -4.73. The Morgan fingerprint density at radius 2 is 1.62 bits per heavy atom. The van der Waals surface area contributed by atoms with Gasteiger partial charge in [-0.3, -0.25) is 14.1 Å². The fourth-order valence-electron chi connectivity index (χ4n) is 3.28. The van der Waals surface area contributed by atoms with Crippen LogP contribution >= 0.6 is 12.6 Å². The lowest BCUT2D eigenvalue weighted by Crippen LogP contribution is -2.26. The maximum absolute atomic E-state index is 13.0. The zero-order valence-electron chi connectivity index (χ0n) is 13.9. The molecule has 0 saturated carbocycles. The van der Waals surface area contributed by atoms with E-state index in [9.17, 15) is 22.6 Å². The average Bonchev–Trinajstić information content (AvgIpc) is 2.57. The third-order valence-electron chi connectivity index (χ3n) is 4.48. The minimum absolute atomic E-state index is 0.0806. The molecule has 26 heavy (non-hydrogen) atoms. The van der Waals surface area contributed by atoms with Crippen LogP contribution in [0, 0.1) is 0 Å². The molecule has 3 N–H and O–H groups in total. The molecule has 136 valence electrons. The van der Waals surface area contributed by atoms with Gasteiger partial charge in [0.1, 0.15) is 4.90 Å². The van der Waals surface area contributed by atoms with Gasteiger partial charge in [0.05, 0.1) is 11.3 Å². The Balaban J connectivity index is 2.45. The van der Waals surface area contributed by atoms with E-state index >= 15 is 0 Å². The lowest BCUT2D eigenvalue weighted by molar-refractivity contribution is 0.0978. The molecule has 1 aliphatic carbocycles. The van der Waals surface area contributed by atoms with Gasteiger partial charge < -0.3 is 5.73 Å². The molecule has 0 fully saturated rings. The molecule has 0 radical (unpaired) electrons. The standard InChI is InChI=1S/C18H17NO5S2/c1-2-3-6-11-12-13(14(19)18(17(11)25)26(22,23)24)16(21)10-8-5-4-7-9(10)15(12)20/h4-5,7-8,25H,2-3,6,19H2,1H3,(H,22,23,24). The summed E-state index contributed by atoms with van der Waals surface area (Å²) >= 11 is 4.24. The number of carbonyl (C=O) groups excluding carboxylic acids is 2. The number of nitrogens with two attached hydrogens (primary N) is 1. The van der Waals surface area contributed by atoms with Crippen LogP contribution in [0.4, 0.5) is 5.69 Å². The van der Waals surface area contributed by atoms with Crippen molar-refractivity contribution in [1.82, 2.24) is 0 Å². The molecule has 0 aromatic heterocycles. The van der Waals surface area contributed by atoms with E-state index in [-0.39, 0.29) is 27.1 Å². The summed E-state index contributed by atoms with van der Waals surface area (Å²) in [4.78, 5) is 25.3. The number of carbonyl (C=O) groups is 2. The number of nitrogen functional groups attached to an aromatic ring is 1. The minimum Gasteiger partial charge on any atom is -0.397 e. The van der Waals surface area contributed by atoms with Gasteiger partial charge in [-0.15, -0.1) is 12.6 Å². The Kier molecular flexibility index (Phi) is 4.68. The Bertz CT molecular complexity index is 1060. The van der Waals surface area contributed by atoms with Crippen LogP contribution in [0.25, 0.3) is 0 Å². The maximum Gasteiger partial charge on any atom is 0.297 e. The average molecular weight is 391 g/mol. The van der Waals surface area contributed by atoms with Crippen LogP contribution < -0.4 is 5.73 Å². The molecule has 3 rings (SSSR count). The molecule has 6 nitrogen and oxygen atoms in total. The van der Waals surface area contributed by atoms with E-state index in [2.05, 4.69) is 12.6 Å². The molecule has 1 aliphatic rings. The Labute approximate surface area is 156 Å². The first-order valence-electron chi connectivity index (χ1n) is 8.03. The highest BCUT2D eigenvalue weighted by Gasteiger charge is 2.37. The van der Waals surface area contributed by atoms with Crippen molar-refractivity contribution in [2.75, 3.05) is 5.73 Å². The van der Waals surface area contributed by atoms with E-state index < -0.39 is 32.3 Å². The second-order valence-corrected chi connectivity index (χ2v) is 7.91. The van der Waals surface area contributed by atoms with Crippen molar-refractivity contribution in [3.63, 3.8) is 0 Å². The summed E-state index contributed by atoms with van der Waals surface area (Å²) in [6.45, 7) is 1.94. The number of hydrogen-bond donors (Lipinski definition) is 3. The van der Waals surface area contributed by atoms with Gasteiger partial charge in [0, 0.05) is 21.6 Å². The van der Waals surface area contributed by atoms with Gasteiger partial charge in [0.15, 0.2) is 11.6 Å². The van der Waals surface area contributed by atoms with Crippen LogP contribution in [0.3, 0.4) is 0 Å². The molecule has 2 aromatic carbocycles. The molecule has 0 heterocycles. The van der Waals surface area contributed by atoms with Crippen molar-refractivity contribution in [1.29, 1.82) is 0 Å². The normalized spacial score (nSPS) is 13.5. The Hall–Kier alpha value is -2.16. The summed E-state index contributed by atoms with van der Waals surface area (Å²) in [7, 11) is -4.73. The molecule has 0 bridgehead atoms. The SMILES string of the molecule is CCCCc1c(S)c(S(=O)(=O)O)c(N)c2c1C(=O)c1ccccc1C2=O. The predicted molar refractivity (Wildman–Crippen MR) is 99.8 cm³/mol. The smallest absolute Gasteiger partial charge is 0.297 e. The highest BCUT2D eigenvalue weighted by atomic mass is 32.2. The molecule has 2 aromatic rings. The topological polar surface area (TPSA) is 115 Å². The number of ketones is 2. The van der Waals surface area contributed by atoms with Gasteiger partial charge in [0.25, 0.3) is 10.1 Å². The van der Waals surface area contributed by atoms with Crippen molar-refractivity contribution in [3.05, 3.63) is 52.1 Å². The monoisotopic (exact) mass is 391 g/mol. The molecule has 0 atom stereocenters. The van der Waals surface area contributed by atoms with Crippen molar-refractivity contribution in [3.8, 4) is 0 Å². The van der Waals surface area contributed by atoms with Gasteiger partial charge in [-0.05, 0) is 18.4 Å². The number of unbranched alkanes of at least 4 members (excludes halogenated alkanes) is 1.